The largest absolute Gasteiger partial charge is 0.381 e. The first-order chi connectivity index (χ1) is 9.98. The molecule has 0 saturated carbocycles. The molecule has 1 aromatic rings. The molecule has 1 aliphatic rings. The molecule has 1 aliphatic heterocycles. The van der Waals surface area contributed by atoms with Crippen LogP contribution in [0.2, 0.25) is 0 Å². The third kappa shape index (κ3) is 3.97. The normalized spacial score (nSPS) is 18.2. The summed E-state index contributed by atoms with van der Waals surface area (Å²) >= 11 is 0. The lowest BCUT2D eigenvalue weighted by molar-refractivity contribution is -0.136. The Morgan fingerprint density at radius 1 is 1.45 bits per heavy atom. The van der Waals surface area contributed by atoms with Crippen LogP contribution in [0, 0.1) is 18.2 Å². The van der Waals surface area contributed by atoms with E-state index in [4.69, 9.17) is 10.5 Å². The molecule has 6 heteroatoms. The summed E-state index contributed by atoms with van der Waals surface area (Å²) in [7, 11) is 0. The number of aryl methyl sites for hydroxylation is 1. The Balaban J connectivity index is 0.00000242. The van der Waals surface area contributed by atoms with Crippen molar-refractivity contribution in [2.45, 2.75) is 32.7 Å². The molecule has 4 nitrogen and oxygen atoms in total. The Hall–Kier alpha value is -1.17. The predicted octanol–water partition coefficient (Wildman–Crippen LogP) is 2.49. The molecular weight excluding hydrogens is 307 g/mol. The molecular formula is C16H24ClFN2O2. The van der Waals surface area contributed by atoms with Gasteiger partial charge in [-0.05, 0) is 43.9 Å². The highest BCUT2D eigenvalue weighted by atomic mass is 35.5. The maximum Gasteiger partial charge on any atom is 0.228 e. The average Bonchev–Trinajstić information content (AvgIpc) is 2.50. The number of halogens is 2. The number of carbonyl (C=O) groups is 1. The molecule has 1 heterocycles. The van der Waals surface area contributed by atoms with Gasteiger partial charge < -0.3 is 15.8 Å². The Morgan fingerprint density at radius 3 is 2.64 bits per heavy atom. The third-order valence-corrected chi connectivity index (χ3v) is 4.35. The quantitative estimate of drug-likeness (QED) is 0.891. The zero-order chi connectivity index (χ0) is 15.5. The van der Waals surface area contributed by atoms with Gasteiger partial charge in [-0.25, -0.2) is 4.39 Å². The lowest BCUT2D eigenvalue weighted by Crippen LogP contribution is -2.49. The first kappa shape index (κ1) is 18.9. The van der Waals surface area contributed by atoms with Gasteiger partial charge in [0.2, 0.25) is 5.91 Å². The van der Waals surface area contributed by atoms with Gasteiger partial charge in [-0.15, -0.1) is 12.4 Å². The van der Waals surface area contributed by atoms with Crippen LogP contribution < -0.4 is 11.1 Å². The molecule has 3 N–H and O–H groups in total. The zero-order valence-corrected chi connectivity index (χ0v) is 13.8. The van der Waals surface area contributed by atoms with Crippen molar-refractivity contribution in [3.8, 4) is 0 Å². The van der Waals surface area contributed by atoms with Crippen LogP contribution in [-0.2, 0) is 9.53 Å². The summed E-state index contributed by atoms with van der Waals surface area (Å²) in [6.07, 6.45) is 1.29. The Kier molecular flexibility index (Phi) is 6.78. The number of hydrogen-bond donors (Lipinski definition) is 2. The Bertz CT molecular complexity index is 519. The minimum Gasteiger partial charge on any atom is -0.381 e. The summed E-state index contributed by atoms with van der Waals surface area (Å²) in [5.41, 5.74) is 6.76. The molecule has 0 aliphatic carbocycles. The van der Waals surface area contributed by atoms with Gasteiger partial charge in [0.05, 0.1) is 11.5 Å². The highest BCUT2D eigenvalue weighted by Gasteiger charge is 2.39. The molecule has 1 fully saturated rings. The summed E-state index contributed by atoms with van der Waals surface area (Å²) in [5.74, 6) is -0.275. The van der Waals surface area contributed by atoms with Crippen molar-refractivity contribution in [2.24, 2.45) is 11.1 Å². The molecule has 0 radical (unpaired) electrons. The van der Waals surface area contributed by atoms with Gasteiger partial charge in [0.1, 0.15) is 5.82 Å². The fourth-order valence-electron chi connectivity index (χ4n) is 2.66. The van der Waals surface area contributed by atoms with E-state index in [9.17, 15) is 9.18 Å². The minimum absolute atomic E-state index is 0. The van der Waals surface area contributed by atoms with Crippen molar-refractivity contribution >= 4 is 18.3 Å². The van der Waals surface area contributed by atoms with Gasteiger partial charge in [-0.3, -0.25) is 4.79 Å². The number of nitrogens with one attached hydrogen (secondary N) is 1. The molecule has 1 saturated heterocycles. The van der Waals surface area contributed by atoms with Crippen LogP contribution >= 0.6 is 12.4 Å². The summed E-state index contributed by atoms with van der Waals surface area (Å²) < 4.78 is 18.6. The van der Waals surface area contributed by atoms with E-state index in [1.165, 1.54) is 6.07 Å². The third-order valence-electron chi connectivity index (χ3n) is 4.35. The summed E-state index contributed by atoms with van der Waals surface area (Å²) in [6, 6.07) is 4.72. The van der Waals surface area contributed by atoms with Gasteiger partial charge >= 0.3 is 0 Å². The van der Waals surface area contributed by atoms with Crippen molar-refractivity contribution in [3.05, 3.63) is 35.1 Å². The maximum absolute atomic E-state index is 13.3. The van der Waals surface area contributed by atoms with Crippen molar-refractivity contribution in [2.75, 3.05) is 19.8 Å². The summed E-state index contributed by atoms with van der Waals surface area (Å²) in [5, 5.41) is 3.01. The average molecular weight is 331 g/mol. The van der Waals surface area contributed by atoms with Crippen LogP contribution in [0.5, 0.6) is 0 Å². The van der Waals surface area contributed by atoms with E-state index in [0.29, 0.717) is 38.2 Å². The van der Waals surface area contributed by atoms with Gasteiger partial charge in [-0.1, -0.05) is 12.1 Å². The molecule has 1 amide bonds. The zero-order valence-electron chi connectivity index (χ0n) is 13.0. The number of hydrogen-bond acceptors (Lipinski definition) is 3. The van der Waals surface area contributed by atoms with Gasteiger partial charge in [0.15, 0.2) is 0 Å². The van der Waals surface area contributed by atoms with Crippen molar-refractivity contribution in [3.63, 3.8) is 0 Å². The molecule has 1 aromatic carbocycles. The second-order valence-electron chi connectivity index (χ2n) is 5.80. The second kappa shape index (κ2) is 7.90. The Morgan fingerprint density at radius 2 is 2.09 bits per heavy atom. The second-order valence-corrected chi connectivity index (χ2v) is 5.80. The molecule has 1 atom stereocenters. The first-order valence-corrected chi connectivity index (χ1v) is 7.33. The molecule has 2 rings (SSSR count). The van der Waals surface area contributed by atoms with Crippen LogP contribution in [0.15, 0.2) is 18.2 Å². The smallest absolute Gasteiger partial charge is 0.228 e. The molecule has 22 heavy (non-hydrogen) atoms. The molecule has 124 valence electrons. The summed E-state index contributed by atoms with van der Waals surface area (Å²) in [6.45, 7) is 5.06. The molecule has 0 spiro atoms. The number of amides is 1. The minimum atomic E-state index is -0.540. The SMILES string of the molecule is Cc1cc(C(C)NC(=O)C2(CN)CCOCC2)ccc1F.Cl. The highest BCUT2D eigenvalue weighted by Crippen LogP contribution is 2.30. The van der Waals surface area contributed by atoms with Gasteiger partial charge in [-0.2, -0.15) is 0 Å². The van der Waals surface area contributed by atoms with Crippen LogP contribution in [-0.4, -0.2) is 25.7 Å². The monoisotopic (exact) mass is 330 g/mol. The van der Waals surface area contributed by atoms with E-state index >= 15 is 0 Å². The predicted molar refractivity (Wildman–Crippen MR) is 86.5 cm³/mol. The van der Waals surface area contributed by atoms with Gasteiger partial charge in [0.25, 0.3) is 0 Å². The van der Waals surface area contributed by atoms with Crippen molar-refractivity contribution < 1.29 is 13.9 Å². The first-order valence-electron chi connectivity index (χ1n) is 7.33. The van der Waals surface area contributed by atoms with Crippen molar-refractivity contribution in [1.82, 2.24) is 5.32 Å². The van der Waals surface area contributed by atoms with E-state index in [2.05, 4.69) is 5.32 Å². The van der Waals surface area contributed by atoms with Gasteiger partial charge in [0, 0.05) is 19.8 Å². The lowest BCUT2D eigenvalue weighted by atomic mass is 9.79. The van der Waals surface area contributed by atoms with Crippen molar-refractivity contribution in [1.29, 1.82) is 0 Å². The van der Waals surface area contributed by atoms with Crippen LogP contribution in [0.25, 0.3) is 0 Å². The summed E-state index contributed by atoms with van der Waals surface area (Å²) in [4.78, 5) is 12.6. The number of carbonyl (C=O) groups excluding carboxylic acids is 1. The van der Waals surface area contributed by atoms with Crippen LogP contribution in [0.4, 0.5) is 4.39 Å². The maximum atomic E-state index is 13.3. The fraction of sp³-hybridized carbons (Fsp3) is 0.562. The van der Waals surface area contributed by atoms with E-state index in [1.807, 2.05) is 6.92 Å². The highest BCUT2D eigenvalue weighted by molar-refractivity contribution is 5.85. The topological polar surface area (TPSA) is 64.4 Å². The molecule has 0 aromatic heterocycles. The Labute approximate surface area is 137 Å². The van der Waals surface area contributed by atoms with E-state index in [1.54, 1.807) is 19.1 Å². The lowest BCUT2D eigenvalue weighted by Gasteiger charge is -2.35. The van der Waals surface area contributed by atoms with E-state index in [0.717, 1.165) is 5.56 Å². The fourth-order valence-corrected chi connectivity index (χ4v) is 2.66. The number of nitrogens with two attached hydrogens (primary N) is 1. The number of ether oxygens (including phenoxy) is 1. The number of rotatable bonds is 4. The number of benzene rings is 1. The van der Waals surface area contributed by atoms with Crippen LogP contribution in [0.3, 0.4) is 0 Å². The molecule has 0 bridgehead atoms. The standard InChI is InChI=1S/C16H23FN2O2.ClH/c1-11-9-13(3-4-14(11)17)12(2)19-15(20)16(10-18)5-7-21-8-6-16;/h3-4,9,12H,5-8,10,18H2,1-2H3,(H,19,20);1H. The van der Waals surface area contributed by atoms with Crippen LogP contribution in [0.1, 0.15) is 36.9 Å². The van der Waals surface area contributed by atoms with E-state index in [-0.39, 0.29) is 30.2 Å². The van der Waals surface area contributed by atoms with E-state index < -0.39 is 5.41 Å². The molecule has 1 unspecified atom stereocenters.